The van der Waals surface area contributed by atoms with Gasteiger partial charge >= 0.3 is 6.01 Å². The van der Waals surface area contributed by atoms with Crippen molar-refractivity contribution >= 4 is 34.1 Å². The number of alkyl halides is 1. The molecule has 4 aliphatic rings. The molecular weight excluding hydrogens is 556 g/mol. The van der Waals surface area contributed by atoms with E-state index < -0.39 is 12.3 Å². The topological polar surface area (TPSA) is 121 Å². The van der Waals surface area contributed by atoms with E-state index in [1.807, 2.05) is 11.8 Å². The molecule has 6 heterocycles. The maximum absolute atomic E-state index is 15.0. The van der Waals surface area contributed by atoms with Crippen molar-refractivity contribution in [3.05, 3.63) is 40.8 Å². The molecule has 1 amide bonds. The Morgan fingerprint density at radius 3 is 2.84 bits per heavy atom. The van der Waals surface area contributed by atoms with Gasteiger partial charge in [0, 0.05) is 31.4 Å². The van der Waals surface area contributed by atoms with Crippen LogP contribution in [-0.2, 0) is 13.0 Å². The average molecular weight is 594 g/mol. The molecule has 0 aliphatic carbocycles. The number of hydrogen-bond donors (Lipinski definition) is 2. The highest BCUT2D eigenvalue weighted by atomic mass is 19.1. The molecule has 3 atom stereocenters. The van der Waals surface area contributed by atoms with E-state index in [9.17, 15) is 18.7 Å². The fourth-order valence-electron chi connectivity index (χ4n) is 7.50. The van der Waals surface area contributed by atoms with Crippen LogP contribution in [0.3, 0.4) is 0 Å². The summed E-state index contributed by atoms with van der Waals surface area (Å²) in [5, 5.41) is 11.6. The summed E-state index contributed by atoms with van der Waals surface area (Å²) < 4.78 is 35.6. The molecule has 3 N–H and O–H groups in total. The van der Waals surface area contributed by atoms with Crippen LogP contribution in [0.15, 0.2) is 18.2 Å². The number of aliphatic hydroxyl groups excluding tert-OH is 1. The number of aryl methyl sites for hydroxylation is 1. The van der Waals surface area contributed by atoms with Gasteiger partial charge in [-0.1, -0.05) is 13.0 Å². The van der Waals surface area contributed by atoms with Crippen LogP contribution in [0.25, 0.3) is 10.8 Å². The van der Waals surface area contributed by atoms with Gasteiger partial charge in [-0.2, -0.15) is 9.97 Å². The van der Waals surface area contributed by atoms with Crippen LogP contribution >= 0.6 is 0 Å². The number of anilines is 3. The molecule has 1 aromatic carbocycles. The van der Waals surface area contributed by atoms with Gasteiger partial charge in [0.05, 0.1) is 23.9 Å². The number of amides is 1. The number of hydrogen-bond acceptors (Lipinski definition) is 9. The molecule has 0 radical (unpaired) electrons. The van der Waals surface area contributed by atoms with Crippen molar-refractivity contribution in [2.24, 2.45) is 0 Å². The maximum Gasteiger partial charge on any atom is 0.318 e. The number of rotatable bonds is 6. The summed E-state index contributed by atoms with van der Waals surface area (Å²) in [4.78, 5) is 33.9. The van der Waals surface area contributed by atoms with Crippen LogP contribution in [0.1, 0.15) is 67.1 Å². The third kappa shape index (κ3) is 4.84. The minimum absolute atomic E-state index is 0.0888. The first-order chi connectivity index (χ1) is 20.8. The number of benzene rings is 1. The number of pyridine rings is 1. The largest absolute Gasteiger partial charge is 0.461 e. The van der Waals surface area contributed by atoms with Crippen LogP contribution in [0.4, 0.5) is 26.2 Å². The fourth-order valence-corrected chi connectivity index (χ4v) is 7.50. The quantitative estimate of drug-likeness (QED) is 0.440. The van der Waals surface area contributed by atoms with Crippen LogP contribution in [0.2, 0.25) is 0 Å². The number of ether oxygens (including phenoxy) is 1. The van der Waals surface area contributed by atoms with Gasteiger partial charge in [-0.25, -0.2) is 13.8 Å². The Labute approximate surface area is 248 Å². The van der Waals surface area contributed by atoms with Crippen LogP contribution < -0.4 is 20.3 Å². The van der Waals surface area contributed by atoms with Crippen molar-refractivity contribution in [3.63, 3.8) is 0 Å². The number of halogens is 2. The molecule has 12 heteroatoms. The molecule has 7 rings (SSSR count). The van der Waals surface area contributed by atoms with E-state index in [1.165, 1.54) is 11.0 Å². The number of carbonyl (C=O) groups excluding carboxylic acids is 1. The Morgan fingerprint density at radius 2 is 2.00 bits per heavy atom. The molecule has 43 heavy (non-hydrogen) atoms. The highest BCUT2D eigenvalue weighted by molar-refractivity contribution is 6.15. The number of aromatic nitrogens is 3. The minimum atomic E-state index is -0.881. The van der Waals surface area contributed by atoms with Gasteiger partial charge in [0.25, 0.3) is 5.91 Å². The standard InChI is InChI=1S/C31H37F2N7O3/c1-2-21-22(33)7-6-18-13-24(34)36-28(25(18)21)40-16-23-26(29(40)42)27(38-10-3-5-20(41)8-12-38)37-30(35-23)43-17-31-9-4-11-39(31)15-19(32)14-31/h6-7,13,19-20,41H,2-5,8-12,14-17H2,1H3,(H2,34,36)/t19-,20?,31+/m1/s1. The molecule has 2 aromatic heterocycles. The number of carbonyl (C=O) groups is 1. The lowest BCUT2D eigenvalue weighted by molar-refractivity contribution is 0.0995. The molecule has 0 bridgehead atoms. The number of nitrogens with zero attached hydrogens (tertiary/aromatic N) is 6. The van der Waals surface area contributed by atoms with Gasteiger partial charge < -0.3 is 20.5 Å². The first-order valence-corrected chi connectivity index (χ1v) is 15.3. The molecule has 0 saturated carbocycles. The number of aliphatic hydroxyl groups is 1. The van der Waals surface area contributed by atoms with Crippen LogP contribution in [-0.4, -0.2) is 81.5 Å². The lowest BCUT2D eigenvalue weighted by Crippen LogP contribution is -2.43. The van der Waals surface area contributed by atoms with Crippen LogP contribution in [0, 0.1) is 5.82 Å². The lowest BCUT2D eigenvalue weighted by Gasteiger charge is -2.31. The summed E-state index contributed by atoms with van der Waals surface area (Å²) >= 11 is 0. The number of fused-ring (bicyclic) bond motifs is 3. The summed E-state index contributed by atoms with van der Waals surface area (Å²) in [6.45, 7) is 4.61. The summed E-state index contributed by atoms with van der Waals surface area (Å²) in [6, 6.07) is 4.88. The molecule has 0 spiro atoms. The van der Waals surface area contributed by atoms with Crippen molar-refractivity contribution < 1.29 is 23.4 Å². The summed E-state index contributed by atoms with van der Waals surface area (Å²) in [5.41, 5.74) is 7.09. The first kappa shape index (κ1) is 28.1. The van der Waals surface area contributed by atoms with Crippen molar-refractivity contribution in [1.82, 2.24) is 19.9 Å². The smallest absolute Gasteiger partial charge is 0.318 e. The van der Waals surface area contributed by atoms with E-state index in [0.29, 0.717) is 78.7 Å². The number of nitrogen functional groups attached to an aromatic ring is 1. The van der Waals surface area contributed by atoms with Gasteiger partial charge in [-0.05, 0) is 68.2 Å². The van der Waals surface area contributed by atoms with Crippen LogP contribution in [0.5, 0.6) is 6.01 Å². The van der Waals surface area contributed by atoms with Crippen molar-refractivity contribution in [2.45, 2.75) is 76.2 Å². The van der Waals surface area contributed by atoms with Gasteiger partial charge in [0.1, 0.15) is 41.6 Å². The van der Waals surface area contributed by atoms with E-state index >= 15 is 0 Å². The summed E-state index contributed by atoms with van der Waals surface area (Å²) in [7, 11) is 0. The predicted octanol–water partition coefficient (Wildman–Crippen LogP) is 3.78. The second-order valence-electron chi connectivity index (χ2n) is 12.3. The molecule has 3 saturated heterocycles. The normalized spacial score (nSPS) is 25.8. The van der Waals surface area contributed by atoms with E-state index in [2.05, 4.69) is 9.88 Å². The first-order valence-electron chi connectivity index (χ1n) is 15.3. The van der Waals surface area contributed by atoms with E-state index in [1.54, 1.807) is 12.1 Å². The summed E-state index contributed by atoms with van der Waals surface area (Å²) in [5.74, 6) is 0.249. The van der Waals surface area contributed by atoms with Gasteiger partial charge in [-0.3, -0.25) is 14.6 Å². The van der Waals surface area contributed by atoms with Crippen molar-refractivity contribution in [3.8, 4) is 6.01 Å². The highest BCUT2D eigenvalue weighted by Gasteiger charge is 2.49. The maximum atomic E-state index is 15.0. The average Bonchev–Trinajstić information content (AvgIpc) is 3.56. The predicted molar refractivity (Wildman–Crippen MR) is 159 cm³/mol. The Hall–Kier alpha value is -3.64. The molecule has 1 unspecified atom stereocenters. The second kappa shape index (κ2) is 10.8. The van der Waals surface area contributed by atoms with Gasteiger partial charge in [0.2, 0.25) is 0 Å². The zero-order valence-corrected chi connectivity index (χ0v) is 24.4. The van der Waals surface area contributed by atoms with Gasteiger partial charge in [-0.15, -0.1) is 0 Å². The molecule has 3 fully saturated rings. The Kier molecular flexibility index (Phi) is 7.08. The fraction of sp³-hybridized carbons (Fsp3) is 0.548. The van der Waals surface area contributed by atoms with Crippen molar-refractivity contribution in [2.75, 3.05) is 48.3 Å². The highest BCUT2D eigenvalue weighted by Crippen LogP contribution is 2.42. The molecule has 4 aliphatic heterocycles. The Balaban J connectivity index is 1.29. The number of nitrogens with two attached hydrogens (primary N) is 1. The Bertz CT molecular complexity index is 1590. The third-order valence-electron chi connectivity index (χ3n) is 9.60. The zero-order valence-electron chi connectivity index (χ0n) is 24.4. The molecular formula is C31H37F2N7O3. The zero-order chi connectivity index (χ0) is 29.9. The Morgan fingerprint density at radius 1 is 1.14 bits per heavy atom. The minimum Gasteiger partial charge on any atom is -0.461 e. The lowest BCUT2D eigenvalue weighted by atomic mass is 9.95. The van der Waals surface area contributed by atoms with Crippen molar-refractivity contribution in [1.29, 1.82) is 0 Å². The second-order valence-corrected chi connectivity index (χ2v) is 12.3. The van der Waals surface area contributed by atoms with E-state index in [4.69, 9.17) is 20.4 Å². The van der Waals surface area contributed by atoms with Gasteiger partial charge in [0.15, 0.2) is 0 Å². The SMILES string of the molecule is CCc1c(F)ccc2cc(N)nc(N3Cc4nc(OC[C@@]56CCCN5C[C@H](F)C6)nc(N5CCCC(O)CC5)c4C3=O)c12. The molecule has 10 nitrogen and oxygen atoms in total. The third-order valence-corrected chi connectivity index (χ3v) is 9.60. The van der Waals surface area contributed by atoms with E-state index in [0.717, 1.165) is 25.8 Å². The molecule has 3 aromatic rings. The molecule has 228 valence electrons. The summed E-state index contributed by atoms with van der Waals surface area (Å²) in [6.07, 6.45) is 3.33. The van der Waals surface area contributed by atoms with E-state index in [-0.39, 0.29) is 48.1 Å². The monoisotopic (exact) mass is 593 g/mol.